The van der Waals surface area contributed by atoms with E-state index in [0.29, 0.717) is 16.8 Å². The molecule has 3 nitrogen and oxygen atoms in total. The smallest absolute Gasteiger partial charge is 0.221 e. The minimum atomic E-state index is -0.110. The van der Waals surface area contributed by atoms with E-state index in [4.69, 9.17) is 11.6 Å². The molecule has 1 fully saturated rings. The number of hydrogen-bond donors (Lipinski definition) is 2. The van der Waals surface area contributed by atoms with Gasteiger partial charge in [0.25, 0.3) is 0 Å². The molecule has 0 saturated carbocycles. The highest BCUT2D eigenvalue weighted by Gasteiger charge is 2.13. The molecule has 0 spiro atoms. The lowest BCUT2D eigenvalue weighted by atomic mass is 10.1. The number of carbonyl (C=O) groups is 1. The van der Waals surface area contributed by atoms with Crippen LogP contribution in [0.5, 0.6) is 0 Å². The Bertz CT molecular complexity index is 433. The maximum atomic E-state index is 11.0. The highest BCUT2D eigenvalue weighted by molar-refractivity contribution is 7.99. The summed E-state index contributed by atoms with van der Waals surface area (Å²) >= 11 is 8.12. The molecule has 0 radical (unpaired) electrons. The predicted molar refractivity (Wildman–Crippen MR) is 79.7 cm³/mol. The van der Waals surface area contributed by atoms with Crippen molar-refractivity contribution >= 4 is 40.6 Å². The molecule has 1 aliphatic rings. The van der Waals surface area contributed by atoms with E-state index in [2.05, 4.69) is 10.6 Å². The maximum Gasteiger partial charge on any atom is 0.221 e. The standard InChI is InChI=1S/C13H17ClN2OS/c1-9(17)15-13-5-4-10(7-12(13)14)16-11-3-2-6-18-8-11/h4-5,7,11,16H,2-3,6,8H2,1H3,(H,15,17). The van der Waals surface area contributed by atoms with Gasteiger partial charge in [-0.1, -0.05) is 11.6 Å². The minimum absolute atomic E-state index is 0.110. The Hall–Kier alpha value is -0.870. The fraction of sp³-hybridized carbons (Fsp3) is 0.462. The molecular weight excluding hydrogens is 268 g/mol. The van der Waals surface area contributed by atoms with Gasteiger partial charge < -0.3 is 10.6 Å². The molecule has 1 unspecified atom stereocenters. The molecule has 1 aromatic rings. The van der Waals surface area contributed by atoms with Gasteiger partial charge in [-0.15, -0.1) is 0 Å². The molecule has 1 saturated heterocycles. The van der Waals surface area contributed by atoms with Crippen LogP contribution in [0.3, 0.4) is 0 Å². The van der Waals surface area contributed by atoms with Gasteiger partial charge in [-0.3, -0.25) is 4.79 Å². The Morgan fingerprint density at radius 2 is 2.33 bits per heavy atom. The zero-order chi connectivity index (χ0) is 13.0. The molecule has 1 amide bonds. The van der Waals surface area contributed by atoms with Crippen LogP contribution >= 0.6 is 23.4 Å². The summed E-state index contributed by atoms with van der Waals surface area (Å²) < 4.78 is 0. The Labute approximate surface area is 117 Å². The van der Waals surface area contributed by atoms with E-state index >= 15 is 0 Å². The van der Waals surface area contributed by atoms with Gasteiger partial charge in [-0.2, -0.15) is 11.8 Å². The summed E-state index contributed by atoms with van der Waals surface area (Å²) in [6, 6.07) is 6.18. The van der Waals surface area contributed by atoms with Crippen LogP contribution in [0.15, 0.2) is 18.2 Å². The molecule has 5 heteroatoms. The zero-order valence-electron chi connectivity index (χ0n) is 10.3. The molecule has 1 atom stereocenters. The Kier molecular flexibility index (Phi) is 4.78. The lowest BCUT2D eigenvalue weighted by Crippen LogP contribution is -2.25. The van der Waals surface area contributed by atoms with Crippen LogP contribution in [0.4, 0.5) is 11.4 Å². The molecule has 2 rings (SSSR count). The third-order valence-corrected chi connectivity index (χ3v) is 4.34. The van der Waals surface area contributed by atoms with Crippen molar-refractivity contribution in [2.45, 2.75) is 25.8 Å². The third-order valence-electron chi connectivity index (χ3n) is 2.81. The third kappa shape index (κ3) is 3.82. The van der Waals surface area contributed by atoms with Crippen LogP contribution in [0.1, 0.15) is 19.8 Å². The van der Waals surface area contributed by atoms with E-state index in [1.165, 1.54) is 25.5 Å². The average molecular weight is 285 g/mol. The second kappa shape index (κ2) is 6.34. The van der Waals surface area contributed by atoms with Gasteiger partial charge in [-0.05, 0) is 36.8 Å². The summed E-state index contributed by atoms with van der Waals surface area (Å²) in [5.41, 5.74) is 1.68. The first-order valence-electron chi connectivity index (χ1n) is 6.06. The van der Waals surface area contributed by atoms with Crippen LogP contribution < -0.4 is 10.6 Å². The molecule has 0 aliphatic carbocycles. The summed E-state index contributed by atoms with van der Waals surface area (Å²) in [6.07, 6.45) is 2.47. The first-order chi connectivity index (χ1) is 8.65. The molecule has 2 N–H and O–H groups in total. The minimum Gasteiger partial charge on any atom is -0.381 e. The fourth-order valence-electron chi connectivity index (χ4n) is 1.99. The second-order valence-electron chi connectivity index (χ2n) is 4.43. The number of nitrogens with one attached hydrogen (secondary N) is 2. The van der Waals surface area contributed by atoms with E-state index in [1.807, 2.05) is 30.0 Å². The van der Waals surface area contributed by atoms with Gasteiger partial charge in [0.2, 0.25) is 5.91 Å². The number of amides is 1. The molecule has 98 valence electrons. The van der Waals surface area contributed by atoms with Gasteiger partial charge in [0.1, 0.15) is 0 Å². The first-order valence-corrected chi connectivity index (χ1v) is 7.60. The van der Waals surface area contributed by atoms with Gasteiger partial charge >= 0.3 is 0 Å². The van der Waals surface area contributed by atoms with E-state index in [9.17, 15) is 4.79 Å². The molecule has 1 aromatic carbocycles. The fourth-order valence-corrected chi connectivity index (χ4v) is 3.29. The number of hydrogen-bond acceptors (Lipinski definition) is 3. The van der Waals surface area contributed by atoms with Crippen LogP contribution in [-0.2, 0) is 4.79 Å². The summed E-state index contributed by atoms with van der Waals surface area (Å²) in [5.74, 6) is 2.30. The Morgan fingerprint density at radius 1 is 1.50 bits per heavy atom. The monoisotopic (exact) mass is 284 g/mol. The van der Waals surface area contributed by atoms with Crippen LogP contribution in [0.25, 0.3) is 0 Å². The van der Waals surface area contributed by atoms with Crippen molar-refractivity contribution in [3.63, 3.8) is 0 Å². The molecular formula is C13H17ClN2OS. The Morgan fingerprint density at radius 3 is 2.94 bits per heavy atom. The lowest BCUT2D eigenvalue weighted by Gasteiger charge is -2.23. The van der Waals surface area contributed by atoms with Crippen LogP contribution in [0.2, 0.25) is 5.02 Å². The summed E-state index contributed by atoms with van der Waals surface area (Å²) in [5, 5.41) is 6.75. The summed E-state index contributed by atoms with van der Waals surface area (Å²) in [4.78, 5) is 11.0. The SMILES string of the molecule is CC(=O)Nc1ccc(NC2CCCSC2)cc1Cl. The van der Waals surface area contributed by atoms with E-state index in [1.54, 1.807) is 0 Å². The second-order valence-corrected chi connectivity index (χ2v) is 5.99. The van der Waals surface area contributed by atoms with Gasteiger partial charge in [0, 0.05) is 24.4 Å². The maximum absolute atomic E-state index is 11.0. The van der Waals surface area contributed by atoms with Crippen molar-refractivity contribution in [3.05, 3.63) is 23.2 Å². The molecule has 18 heavy (non-hydrogen) atoms. The molecule has 0 bridgehead atoms. The van der Waals surface area contributed by atoms with Gasteiger partial charge in [0.05, 0.1) is 10.7 Å². The predicted octanol–water partition coefficient (Wildman–Crippen LogP) is 3.61. The number of thioether (sulfide) groups is 1. The van der Waals surface area contributed by atoms with Crippen molar-refractivity contribution < 1.29 is 4.79 Å². The van der Waals surface area contributed by atoms with Crippen LogP contribution in [0, 0.1) is 0 Å². The zero-order valence-corrected chi connectivity index (χ0v) is 11.9. The largest absolute Gasteiger partial charge is 0.381 e. The number of rotatable bonds is 3. The van der Waals surface area contributed by atoms with Crippen molar-refractivity contribution in [1.82, 2.24) is 0 Å². The summed E-state index contributed by atoms with van der Waals surface area (Å²) in [6.45, 7) is 1.47. The van der Waals surface area contributed by atoms with Crippen molar-refractivity contribution in [1.29, 1.82) is 0 Å². The molecule has 0 aromatic heterocycles. The number of halogens is 1. The number of carbonyl (C=O) groups excluding carboxylic acids is 1. The topological polar surface area (TPSA) is 41.1 Å². The van der Waals surface area contributed by atoms with Gasteiger partial charge in [-0.25, -0.2) is 0 Å². The number of anilines is 2. The summed E-state index contributed by atoms with van der Waals surface area (Å²) in [7, 11) is 0. The quantitative estimate of drug-likeness (QED) is 0.891. The van der Waals surface area contributed by atoms with Crippen molar-refractivity contribution in [3.8, 4) is 0 Å². The molecule has 1 aliphatic heterocycles. The lowest BCUT2D eigenvalue weighted by molar-refractivity contribution is -0.114. The van der Waals surface area contributed by atoms with Crippen molar-refractivity contribution in [2.75, 3.05) is 22.1 Å². The number of benzene rings is 1. The highest BCUT2D eigenvalue weighted by atomic mass is 35.5. The Balaban J connectivity index is 2.01. The average Bonchev–Trinajstić information content (AvgIpc) is 2.33. The highest BCUT2D eigenvalue weighted by Crippen LogP contribution is 2.27. The van der Waals surface area contributed by atoms with Gasteiger partial charge in [0.15, 0.2) is 0 Å². The van der Waals surface area contributed by atoms with E-state index in [-0.39, 0.29) is 5.91 Å². The van der Waals surface area contributed by atoms with E-state index in [0.717, 1.165) is 11.4 Å². The van der Waals surface area contributed by atoms with E-state index < -0.39 is 0 Å². The van der Waals surface area contributed by atoms with Crippen LogP contribution in [-0.4, -0.2) is 23.5 Å². The van der Waals surface area contributed by atoms with Crippen molar-refractivity contribution in [2.24, 2.45) is 0 Å². The molecule has 1 heterocycles. The first kappa shape index (κ1) is 13.6. The normalized spacial score (nSPS) is 19.3.